The number of pyridine rings is 1. The molecule has 2 aromatic heterocycles. The smallest absolute Gasteiger partial charge is 0.279 e. The van der Waals surface area contributed by atoms with Crippen LogP contribution in [-0.2, 0) is 4.79 Å². The highest BCUT2D eigenvalue weighted by atomic mass is 16.5. The molecule has 2 amide bonds. The Morgan fingerprint density at radius 1 is 0.974 bits per heavy atom. The second-order valence-electron chi connectivity index (χ2n) is 11.4. The van der Waals surface area contributed by atoms with Gasteiger partial charge in [-0.1, -0.05) is 6.07 Å². The number of rotatable bonds is 4. The minimum atomic E-state index is -0.462. The van der Waals surface area contributed by atoms with Crippen molar-refractivity contribution in [3.8, 4) is 11.4 Å². The van der Waals surface area contributed by atoms with Gasteiger partial charge in [-0.25, -0.2) is 4.98 Å². The molecule has 0 saturated heterocycles. The van der Waals surface area contributed by atoms with Crippen molar-refractivity contribution in [1.82, 2.24) is 14.7 Å². The van der Waals surface area contributed by atoms with Gasteiger partial charge in [-0.15, -0.1) is 0 Å². The zero-order chi connectivity index (χ0) is 25.9. The molecule has 8 rings (SSSR count). The Kier molecular flexibility index (Phi) is 5.25. The van der Waals surface area contributed by atoms with Gasteiger partial charge in [-0.2, -0.15) is 9.72 Å². The van der Waals surface area contributed by atoms with E-state index >= 15 is 0 Å². The largest absolute Gasteiger partial charge is 0.427 e. The number of nitrogens with one attached hydrogen (secondary N) is 2. The molecule has 2 heterocycles. The van der Waals surface area contributed by atoms with Crippen molar-refractivity contribution in [3.05, 3.63) is 77.9 Å². The number of fused-ring (bicyclic) bond motifs is 1. The SMILES string of the molecule is O=C(N=c1ccccn1O)c1ccc2nc(-c3ccc(NC(=O)C45CC6CC(CC(C6)C4)C5)cc3)[nH]c2c1. The Labute approximate surface area is 219 Å². The standard InChI is InChI=1S/C30H29N5O3/c36-28(34-26-3-1-2-10-35(26)38)22-6-9-24-25(14-22)33-27(32-24)21-4-7-23(8-5-21)31-29(37)30-15-18-11-19(16-30)13-20(12-18)17-30/h1-10,14,18-20,38H,11-13,15-17H2,(H,31,37)(H,32,33). The van der Waals surface area contributed by atoms with Gasteiger partial charge in [-0.3, -0.25) is 9.59 Å². The molecule has 4 aromatic rings. The van der Waals surface area contributed by atoms with Gasteiger partial charge in [0, 0.05) is 23.0 Å². The zero-order valence-electron chi connectivity index (χ0n) is 20.9. The second kappa shape index (κ2) is 8.68. The number of H-pyrrole nitrogens is 1. The number of imidazole rings is 1. The first-order valence-electron chi connectivity index (χ1n) is 13.3. The number of amides is 2. The summed E-state index contributed by atoms with van der Waals surface area (Å²) < 4.78 is 0.806. The van der Waals surface area contributed by atoms with E-state index in [0.717, 1.165) is 58.5 Å². The summed E-state index contributed by atoms with van der Waals surface area (Å²) in [5.74, 6) is 2.61. The number of aromatic amines is 1. The first kappa shape index (κ1) is 23.0. The molecule has 3 N–H and O–H groups in total. The summed E-state index contributed by atoms with van der Waals surface area (Å²) in [6, 6.07) is 17.8. The normalized spacial score (nSPS) is 26.1. The van der Waals surface area contributed by atoms with Gasteiger partial charge in [0.15, 0.2) is 5.49 Å². The molecule has 0 atom stereocenters. The van der Waals surface area contributed by atoms with E-state index in [-0.39, 0.29) is 16.8 Å². The van der Waals surface area contributed by atoms with Gasteiger partial charge < -0.3 is 15.5 Å². The van der Waals surface area contributed by atoms with E-state index in [9.17, 15) is 14.8 Å². The Hall–Kier alpha value is -4.20. The molecule has 0 unspecified atom stereocenters. The van der Waals surface area contributed by atoms with E-state index < -0.39 is 5.91 Å². The van der Waals surface area contributed by atoms with Gasteiger partial charge >= 0.3 is 0 Å². The number of carbonyl (C=O) groups is 2. The van der Waals surface area contributed by atoms with Crippen LogP contribution >= 0.6 is 0 Å². The summed E-state index contributed by atoms with van der Waals surface area (Å²) in [5, 5.41) is 13.0. The lowest BCUT2D eigenvalue weighted by Gasteiger charge is -2.55. The van der Waals surface area contributed by atoms with Gasteiger partial charge in [0.2, 0.25) is 5.91 Å². The van der Waals surface area contributed by atoms with Crippen molar-refractivity contribution in [1.29, 1.82) is 0 Å². The highest BCUT2D eigenvalue weighted by molar-refractivity contribution is 5.98. The summed E-state index contributed by atoms with van der Waals surface area (Å²) in [6.07, 6.45) is 8.51. The van der Waals surface area contributed by atoms with Crippen LogP contribution in [0.15, 0.2) is 71.9 Å². The van der Waals surface area contributed by atoms with E-state index in [0.29, 0.717) is 16.9 Å². The number of hydrogen-bond donors (Lipinski definition) is 3. The minimum absolute atomic E-state index is 0.151. The fourth-order valence-corrected chi connectivity index (χ4v) is 7.33. The van der Waals surface area contributed by atoms with Crippen molar-refractivity contribution in [2.45, 2.75) is 38.5 Å². The fourth-order valence-electron chi connectivity index (χ4n) is 7.33. The highest BCUT2D eigenvalue weighted by Gasteiger charge is 2.54. The quantitative estimate of drug-likeness (QED) is 0.331. The number of aromatic nitrogens is 3. The third-order valence-electron chi connectivity index (χ3n) is 8.70. The van der Waals surface area contributed by atoms with Crippen LogP contribution in [0.1, 0.15) is 48.9 Å². The molecular weight excluding hydrogens is 478 g/mol. The van der Waals surface area contributed by atoms with Crippen LogP contribution in [0.4, 0.5) is 5.69 Å². The molecular formula is C30H29N5O3. The molecule has 0 radical (unpaired) electrons. The Morgan fingerprint density at radius 3 is 2.37 bits per heavy atom. The van der Waals surface area contributed by atoms with E-state index in [1.165, 1.54) is 25.5 Å². The van der Waals surface area contributed by atoms with E-state index in [1.807, 2.05) is 24.3 Å². The Morgan fingerprint density at radius 2 is 1.68 bits per heavy atom. The van der Waals surface area contributed by atoms with E-state index in [2.05, 4.69) is 20.3 Å². The summed E-state index contributed by atoms with van der Waals surface area (Å²) in [6.45, 7) is 0. The predicted molar refractivity (Wildman–Crippen MR) is 142 cm³/mol. The summed E-state index contributed by atoms with van der Waals surface area (Å²) in [4.78, 5) is 38.0. The first-order valence-corrected chi connectivity index (χ1v) is 13.3. The van der Waals surface area contributed by atoms with Crippen LogP contribution in [0.5, 0.6) is 0 Å². The van der Waals surface area contributed by atoms with Crippen molar-refractivity contribution >= 4 is 28.5 Å². The molecule has 4 saturated carbocycles. The average molecular weight is 508 g/mol. The third-order valence-corrected chi connectivity index (χ3v) is 8.70. The van der Waals surface area contributed by atoms with Crippen molar-refractivity contribution in [2.24, 2.45) is 28.2 Å². The molecule has 4 aliphatic rings. The molecule has 8 heteroatoms. The Balaban J connectivity index is 1.08. The summed E-state index contributed by atoms with van der Waals surface area (Å²) in [5.41, 5.74) is 3.50. The van der Waals surface area contributed by atoms with Gasteiger partial charge in [0.25, 0.3) is 5.91 Å². The zero-order valence-corrected chi connectivity index (χ0v) is 20.9. The maximum absolute atomic E-state index is 13.4. The van der Waals surface area contributed by atoms with Crippen molar-refractivity contribution in [3.63, 3.8) is 0 Å². The van der Waals surface area contributed by atoms with Crippen LogP contribution < -0.4 is 10.8 Å². The molecule has 4 aliphatic carbocycles. The summed E-state index contributed by atoms with van der Waals surface area (Å²) in [7, 11) is 0. The lowest BCUT2D eigenvalue weighted by atomic mass is 9.49. The lowest BCUT2D eigenvalue weighted by molar-refractivity contribution is -0.140. The maximum atomic E-state index is 13.4. The highest BCUT2D eigenvalue weighted by Crippen LogP contribution is 2.60. The molecule has 38 heavy (non-hydrogen) atoms. The van der Waals surface area contributed by atoms with Crippen LogP contribution in [0, 0.1) is 23.2 Å². The third kappa shape index (κ3) is 4.00. The molecule has 4 bridgehead atoms. The van der Waals surface area contributed by atoms with Gasteiger partial charge in [0.1, 0.15) is 5.82 Å². The second-order valence-corrected chi connectivity index (χ2v) is 11.4. The van der Waals surface area contributed by atoms with Crippen LogP contribution in [0.25, 0.3) is 22.4 Å². The maximum Gasteiger partial charge on any atom is 0.279 e. The van der Waals surface area contributed by atoms with Crippen molar-refractivity contribution < 1.29 is 14.8 Å². The van der Waals surface area contributed by atoms with Gasteiger partial charge in [-0.05, 0) is 111 Å². The van der Waals surface area contributed by atoms with E-state index in [4.69, 9.17) is 0 Å². The molecule has 192 valence electrons. The monoisotopic (exact) mass is 507 g/mol. The van der Waals surface area contributed by atoms with Crippen LogP contribution in [0.3, 0.4) is 0 Å². The number of nitrogens with zero attached hydrogens (tertiary/aromatic N) is 3. The molecule has 4 fully saturated rings. The number of anilines is 1. The minimum Gasteiger partial charge on any atom is -0.427 e. The molecule has 2 aromatic carbocycles. The number of hydrogen-bond acceptors (Lipinski definition) is 4. The van der Waals surface area contributed by atoms with E-state index in [1.54, 1.807) is 36.4 Å². The summed E-state index contributed by atoms with van der Waals surface area (Å²) >= 11 is 0. The number of benzene rings is 2. The first-order chi connectivity index (χ1) is 18.4. The molecule has 0 spiro atoms. The topological polar surface area (TPSA) is 112 Å². The lowest BCUT2D eigenvalue weighted by Crippen LogP contribution is -2.51. The van der Waals surface area contributed by atoms with Crippen LogP contribution in [0.2, 0.25) is 0 Å². The predicted octanol–water partition coefficient (Wildman–Crippen LogP) is 5.16. The van der Waals surface area contributed by atoms with Crippen molar-refractivity contribution in [2.75, 3.05) is 5.32 Å². The number of carbonyl (C=O) groups excluding carboxylic acids is 2. The molecule has 8 nitrogen and oxygen atoms in total. The fraction of sp³-hybridized carbons (Fsp3) is 0.333. The van der Waals surface area contributed by atoms with Crippen LogP contribution in [-0.4, -0.2) is 31.7 Å². The Bertz CT molecular complexity index is 1600. The molecule has 0 aliphatic heterocycles. The van der Waals surface area contributed by atoms with Gasteiger partial charge in [0.05, 0.1) is 16.4 Å². The average Bonchev–Trinajstić information content (AvgIpc) is 3.33.